The van der Waals surface area contributed by atoms with Crippen molar-refractivity contribution in [2.24, 2.45) is 0 Å². The highest BCUT2D eigenvalue weighted by Gasteiger charge is 2.12. The SMILES string of the molecule is Cc1noc(C)c1COc1ccc(C(=O)NNC(=O)c2ccc3ccccc3n2)cc1. The zero-order valence-electron chi connectivity index (χ0n) is 17.0. The van der Waals surface area contributed by atoms with Crippen molar-refractivity contribution in [3.05, 3.63) is 88.9 Å². The van der Waals surface area contributed by atoms with E-state index in [1.807, 2.05) is 38.1 Å². The molecule has 0 unspecified atom stereocenters. The summed E-state index contributed by atoms with van der Waals surface area (Å²) >= 11 is 0. The van der Waals surface area contributed by atoms with Crippen molar-refractivity contribution in [1.29, 1.82) is 0 Å². The molecule has 2 aromatic heterocycles. The second-order valence-corrected chi connectivity index (χ2v) is 6.91. The number of rotatable bonds is 5. The van der Waals surface area contributed by atoms with Crippen LogP contribution in [0.1, 0.15) is 37.9 Å². The van der Waals surface area contributed by atoms with E-state index >= 15 is 0 Å². The molecule has 0 aliphatic heterocycles. The average Bonchev–Trinajstić information content (AvgIpc) is 3.12. The smallest absolute Gasteiger partial charge is 0.288 e. The molecule has 0 spiro atoms. The van der Waals surface area contributed by atoms with E-state index in [0.717, 1.165) is 16.6 Å². The molecule has 4 aromatic rings. The van der Waals surface area contributed by atoms with Crippen LogP contribution in [0.4, 0.5) is 0 Å². The summed E-state index contributed by atoms with van der Waals surface area (Å²) in [5.74, 6) is 0.357. The van der Waals surface area contributed by atoms with Gasteiger partial charge in [-0.3, -0.25) is 20.4 Å². The second-order valence-electron chi connectivity index (χ2n) is 6.91. The molecule has 2 N–H and O–H groups in total. The molecule has 0 atom stereocenters. The second kappa shape index (κ2) is 8.66. The number of hydrogen-bond donors (Lipinski definition) is 2. The standard InChI is InChI=1S/C23H20N4O4/c1-14-19(15(2)31-27-14)13-30-18-10-7-17(8-11-18)22(28)25-26-23(29)21-12-9-16-5-3-4-6-20(16)24-21/h3-12H,13H2,1-2H3,(H,25,28)(H,26,29). The van der Waals surface area contributed by atoms with Gasteiger partial charge in [-0.1, -0.05) is 29.4 Å². The van der Waals surface area contributed by atoms with E-state index < -0.39 is 11.8 Å². The van der Waals surface area contributed by atoms with Gasteiger partial charge in [0.1, 0.15) is 23.8 Å². The maximum absolute atomic E-state index is 12.3. The van der Waals surface area contributed by atoms with Gasteiger partial charge in [0, 0.05) is 10.9 Å². The van der Waals surface area contributed by atoms with Gasteiger partial charge in [0.2, 0.25) is 0 Å². The summed E-state index contributed by atoms with van der Waals surface area (Å²) in [5.41, 5.74) is 7.74. The summed E-state index contributed by atoms with van der Waals surface area (Å²) in [6.45, 7) is 4.00. The number of pyridine rings is 1. The van der Waals surface area contributed by atoms with E-state index in [1.165, 1.54) is 0 Å². The van der Waals surface area contributed by atoms with Crippen LogP contribution in [-0.4, -0.2) is 22.0 Å². The third-order valence-corrected chi connectivity index (χ3v) is 4.80. The molecule has 0 saturated heterocycles. The number of benzene rings is 2. The van der Waals surface area contributed by atoms with Gasteiger partial charge in [-0.15, -0.1) is 0 Å². The van der Waals surface area contributed by atoms with Gasteiger partial charge in [-0.05, 0) is 50.2 Å². The first-order chi connectivity index (χ1) is 15.0. The van der Waals surface area contributed by atoms with Crippen LogP contribution in [0.25, 0.3) is 10.9 Å². The number of hydrogen-bond acceptors (Lipinski definition) is 6. The van der Waals surface area contributed by atoms with Crippen LogP contribution in [0.5, 0.6) is 5.75 Å². The molecule has 0 aliphatic carbocycles. The molecule has 4 rings (SSSR count). The van der Waals surface area contributed by atoms with Gasteiger partial charge in [0.25, 0.3) is 11.8 Å². The zero-order valence-corrected chi connectivity index (χ0v) is 17.0. The highest BCUT2D eigenvalue weighted by Crippen LogP contribution is 2.18. The Labute approximate surface area is 178 Å². The van der Waals surface area contributed by atoms with Crippen molar-refractivity contribution in [2.45, 2.75) is 20.5 Å². The highest BCUT2D eigenvalue weighted by atomic mass is 16.5. The summed E-state index contributed by atoms with van der Waals surface area (Å²) in [4.78, 5) is 28.9. The van der Waals surface area contributed by atoms with E-state index in [-0.39, 0.29) is 5.69 Å². The summed E-state index contributed by atoms with van der Waals surface area (Å²) in [7, 11) is 0. The Bertz CT molecular complexity index is 1230. The van der Waals surface area contributed by atoms with Gasteiger partial charge in [-0.25, -0.2) is 4.98 Å². The van der Waals surface area contributed by atoms with E-state index in [1.54, 1.807) is 36.4 Å². The molecular formula is C23H20N4O4. The number of carbonyl (C=O) groups is 2. The Morgan fingerprint density at radius 1 is 0.935 bits per heavy atom. The Morgan fingerprint density at radius 3 is 2.42 bits per heavy atom. The van der Waals surface area contributed by atoms with Crippen LogP contribution in [0.2, 0.25) is 0 Å². The third-order valence-electron chi connectivity index (χ3n) is 4.80. The molecule has 8 heteroatoms. The van der Waals surface area contributed by atoms with E-state index in [0.29, 0.717) is 29.2 Å². The van der Waals surface area contributed by atoms with Crippen molar-refractivity contribution >= 4 is 22.7 Å². The topological polar surface area (TPSA) is 106 Å². The van der Waals surface area contributed by atoms with Crippen LogP contribution in [0, 0.1) is 13.8 Å². The molecule has 8 nitrogen and oxygen atoms in total. The van der Waals surface area contributed by atoms with Crippen molar-refractivity contribution in [2.75, 3.05) is 0 Å². The Balaban J connectivity index is 1.33. The minimum atomic E-state index is -0.501. The van der Waals surface area contributed by atoms with Gasteiger partial charge >= 0.3 is 0 Å². The largest absolute Gasteiger partial charge is 0.489 e. The number of carbonyl (C=O) groups excluding carboxylic acids is 2. The number of amides is 2. The predicted octanol–water partition coefficient (Wildman–Crippen LogP) is 3.49. The minimum absolute atomic E-state index is 0.210. The van der Waals surface area contributed by atoms with Crippen molar-refractivity contribution < 1.29 is 18.8 Å². The molecule has 0 aliphatic rings. The number of nitrogens with one attached hydrogen (secondary N) is 2. The Hall–Kier alpha value is -4.20. The molecule has 2 heterocycles. The molecular weight excluding hydrogens is 396 g/mol. The fourth-order valence-corrected chi connectivity index (χ4v) is 3.01. The molecule has 0 radical (unpaired) electrons. The lowest BCUT2D eigenvalue weighted by Gasteiger charge is -2.09. The summed E-state index contributed by atoms with van der Waals surface area (Å²) in [6.07, 6.45) is 0. The van der Waals surface area contributed by atoms with Gasteiger partial charge in [0.15, 0.2) is 0 Å². The number of para-hydroxylation sites is 1. The monoisotopic (exact) mass is 416 g/mol. The first kappa shape index (κ1) is 20.1. The third kappa shape index (κ3) is 4.53. The quantitative estimate of drug-likeness (QED) is 0.483. The van der Waals surface area contributed by atoms with Crippen LogP contribution < -0.4 is 15.6 Å². The molecule has 0 saturated carbocycles. The number of aryl methyl sites for hydroxylation is 2. The van der Waals surface area contributed by atoms with Crippen molar-refractivity contribution in [3.63, 3.8) is 0 Å². The van der Waals surface area contributed by atoms with Gasteiger partial charge in [0.05, 0.1) is 16.8 Å². The minimum Gasteiger partial charge on any atom is -0.489 e. The lowest BCUT2D eigenvalue weighted by atomic mass is 10.2. The Morgan fingerprint density at radius 2 is 1.68 bits per heavy atom. The maximum Gasteiger partial charge on any atom is 0.288 e. The van der Waals surface area contributed by atoms with Crippen LogP contribution in [-0.2, 0) is 6.61 Å². The Kier molecular flexibility index (Phi) is 5.61. The molecule has 0 fully saturated rings. The van der Waals surface area contributed by atoms with E-state index in [9.17, 15) is 9.59 Å². The number of ether oxygens (including phenoxy) is 1. The predicted molar refractivity (Wildman–Crippen MR) is 113 cm³/mol. The molecule has 2 amide bonds. The summed E-state index contributed by atoms with van der Waals surface area (Å²) in [5, 5.41) is 4.82. The fraction of sp³-hybridized carbons (Fsp3) is 0.130. The maximum atomic E-state index is 12.3. The van der Waals surface area contributed by atoms with Crippen molar-refractivity contribution in [1.82, 2.24) is 21.0 Å². The molecule has 2 aromatic carbocycles. The normalized spacial score (nSPS) is 10.6. The average molecular weight is 416 g/mol. The first-order valence-electron chi connectivity index (χ1n) is 9.62. The van der Waals surface area contributed by atoms with E-state index in [4.69, 9.17) is 9.26 Å². The molecule has 156 valence electrons. The number of aromatic nitrogens is 2. The van der Waals surface area contributed by atoms with E-state index in [2.05, 4.69) is 21.0 Å². The lowest BCUT2D eigenvalue weighted by molar-refractivity contribution is 0.0844. The number of nitrogens with zero attached hydrogens (tertiary/aromatic N) is 2. The van der Waals surface area contributed by atoms with Crippen molar-refractivity contribution in [3.8, 4) is 5.75 Å². The highest BCUT2D eigenvalue weighted by molar-refractivity contribution is 5.99. The zero-order chi connectivity index (χ0) is 21.8. The fourth-order valence-electron chi connectivity index (χ4n) is 3.01. The number of fused-ring (bicyclic) bond motifs is 1. The molecule has 31 heavy (non-hydrogen) atoms. The first-order valence-corrected chi connectivity index (χ1v) is 9.62. The van der Waals surface area contributed by atoms with Crippen LogP contribution >= 0.6 is 0 Å². The molecule has 0 bridgehead atoms. The number of hydrazine groups is 1. The summed E-state index contributed by atoms with van der Waals surface area (Å²) < 4.78 is 10.8. The lowest BCUT2D eigenvalue weighted by Crippen LogP contribution is -2.41. The van der Waals surface area contributed by atoms with Crippen LogP contribution in [0.15, 0.2) is 65.2 Å². The summed E-state index contributed by atoms with van der Waals surface area (Å²) in [6, 6.07) is 17.5. The van der Waals surface area contributed by atoms with Gasteiger partial charge < -0.3 is 9.26 Å². The van der Waals surface area contributed by atoms with Gasteiger partial charge in [-0.2, -0.15) is 0 Å². The van der Waals surface area contributed by atoms with Crippen LogP contribution in [0.3, 0.4) is 0 Å².